The van der Waals surface area contributed by atoms with E-state index in [1.807, 2.05) is 71.0 Å². The number of rotatable bonds is 16. The van der Waals surface area contributed by atoms with Crippen molar-refractivity contribution in [3.8, 4) is 5.75 Å². The molecule has 0 radical (unpaired) electrons. The number of ether oxygens (including phenoxy) is 1. The number of carbonyl (C=O) groups is 2. The van der Waals surface area contributed by atoms with Gasteiger partial charge in [-0.05, 0) is 47.6 Å². The Morgan fingerprint density at radius 1 is 1.00 bits per heavy atom. The summed E-state index contributed by atoms with van der Waals surface area (Å²) in [6.07, 6.45) is 1.80. The van der Waals surface area contributed by atoms with Crippen LogP contribution in [0.3, 0.4) is 0 Å². The van der Waals surface area contributed by atoms with E-state index in [9.17, 15) is 23.1 Å². The highest BCUT2D eigenvalue weighted by Crippen LogP contribution is 2.23. The summed E-state index contributed by atoms with van der Waals surface area (Å²) in [5.74, 6) is -0.277. The Hall–Kier alpha value is -3.41. The monoisotopic (exact) mass is 614 g/mol. The van der Waals surface area contributed by atoms with Crippen LogP contribution >= 0.6 is 0 Å². The maximum Gasteiger partial charge on any atom is 0.243 e. The molecule has 0 heterocycles. The van der Waals surface area contributed by atoms with Gasteiger partial charge in [0.1, 0.15) is 11.8 Å². The summed E-state index contributed by atoms with van der Waals surface area (Å²) < 4.78 is 33.8. The van der Waals surface area contributed by atoms with Crippen LogP contribution in [0, 0.1) is 11.3 Å². The lowest BCUT2D eigenvalue weighted by atomic mass is 9.85. The fourth-order valence-corrected chi connectivity index (χ4v) is 6.23. The van der Waals surface area contributed by atoms with Crippen molar-refractivity contribution in [2.24, 2.45) is 11.3 Å². The minimum absolute atomic E-state index is 0.0251. The van der Waals surface area contributed by atoms with Crippen LogP contribution in [0.4, 0.5) is 0 Å². The summed E-state index contributed by atoms with van der Waals surface area (Å²) in [6.45, 7) is 9.33. The number of aliphatic hydroxyl groups excluding tert-OH is 1. The molecule has 11 heteroatoms. The Bertz CT molecular complexity index is 1350. The normalized spacial score (nSPS) is 15.3. The van der Waals surface area contributed by atoms with Gasteiger partial charge in [-0.15, -0.1) is 0 Å². The van der Waals surface area contributed by atoms with E-state index in [1.165, 1.54) is 23.5 Å². The highest BCUT2D eigenvalue weighted by Gasteiger charge is 2.36. The number of hydrogen-bond donors (Lipinski definition) is 4. The van der Waals surface area contributed by atoms with Crippen LogP contribution in [0.25, 0.3) is 0 Å². The molecule has 0 fully saturated rings. The molecule has 1 aliphatic carbocycles. The van der Waals surface area contributed by atoms with Crippen LogP contribution < -0.4 is 20.7 Å². The first-order chi connectivity index (χ1) is 20.2. The zero-order valence-electron chi connectivity index (χ0n) is 26.0. The van der Waals surface area contributed by atoms with E-state index in [0.717, 1.165) is 17.7 Å². The molecule has 0 saturated carbocycles. The third-order valence-electron chi connectivity index (χ3n) is 7.07. The Labute approximate surface area is 255 Å². The van der Waals surface area contributed by atoms with E-state index in [0.29, 0.717) is 5.75 Å². The van der Waals surface area contributed by atoms with Crippen molar-refractivity contribution in [1.82, 2.24) is 20.3 Å². The zero-order valence-corrected chi connectivity index (χ0v) is 26.8. The number of hydrogen-bond acceptors (Lipinski definition) is 7. The van der Waals surface area contributed by atoms with Crippen molar-refractivity contribution < 1.29 is 27.9 Å². The Morgan fingerprint density at radius 3 is 2.16 bits per heavy atom. The number of nitrogens with one attached hydrogen (secondary N) is 3. The SMILES string of the molecule is COc1ccc(S(=O)(=O)N(CC(C)C)C[C@@H](O)[C@H](Cc2ccccc2)NC(=O)[C@@H](NC(=O)CNC2=CC2)C(C)(C)C)cc1. The molecular formula is C32H46N4O6S. The van der Waals surface area contributed by atoms with Crippen molar-refractivity contribution in [3.05, 3.63) is 71.9 Å². The van der Waals surface area contributed by atoms with Crippen LogP contribution in [0.2, 0.25) is 0 Å². The number of allylic oxidation sites excluding steroid dienone is 2. The predicted molar refractivity (Wildman–Crippen MR) is 167 cm³/mol. The first-order valence-electron chi connectivity index (χ1n) is 14.6. The number of aliphatic hydroxyl groups is 1. The average Bonchev–Trinajstić information content (AvgIpc) is 3.78. The van der Waals surface area contributed by atoms with Crippen molar-refractivity contribution in [2.45, 2.75) is 70.5 Å². The van der Waals surface area contributed by atoms with Crippen LogP contribution in [0.15, 0.2) is 71.3 Å². The van der Waals surface area contributed by atoms with Gasteiger partial charge in [0, 0.05) is 25.2 Å². The van der Waals surface area contributed by atoms with Gasteiger partial charge < -0.3 is 25.8 Å². The molecule has 2 aromatic carbocycles. The van der Waals surface area contributed by atoms with Crippen molar-refractivity contribution in [1.29, 1.82) is 0 Å². The molecule has 0 spiro atoms. The molecular weight excluding hydrogens is 568 g/mol. The fraction of sp³-hybridized carbons (Fsp3) is 0.500. The molecule has 0 bridgehead atoms. The summed E-state index contributed by atoms with van der Waals surface area (Å²) in [7, 11) is -2.47. The molecule has 3 atom stereocenters. The number of sulfonamides is 1. The predicted octanol–water partition coefficient (Wildman–Crippen LogP) is 2.84. The molecule has 0 saturated heterocycles. The number of carbonyl (C=O) groups excluding carboxylic acids is 2. The fourth-order valence-electron chi connectivity index (χ4n) is 4.60. The van der Waals surface area contributed by atoms with E-state index < -0.39 is 39.5 Å². The van der Waals surface area contributed by atoms with E-state index in [1.54, 1.807) is 12.1 Å². The highest BCUT2D eigenvalue weighted by molar-refractivity contribution is 7.89. The van der Waals surface area contributed by atoms with Gasteiger partial charge >= 0.3 is 0 Å². The lowest BCUT2D eigenvalue weighted by molar-refractivity contribution is -0.132. The molecule has 4 N–H and O–H groups in total. The second-order valence-electron chi connectivity index (χ2n) is 12.4. The van der Waals surface area contributed by atoms with Crippen LogP contribution in [-0.2, 0) is 26.0 Å². The average molecular weight is 615 g/mol. The third kappa shape index (κ3) is 10.4. The van der Waals surface area contributed by atoms with Gasteiger partial charge in [0.2, 0.25) is 21.8 Å². The summed E-state index contributed by atoms with van der Waals surface area (Å²) in [5, 5.41) is 20.4. The van der Waals surface area contributed by atoms with Gasteiger partial charge in [-0.1, -0.05) is 71.0 Å². The molecule has 43 heavy (non-hydrogen) atoms. The van der Waals surface area contributed by atoms with Crippen molar-refractivity contribution in [2.75, 3.05) is 26.7 Å². The van der Waals surface area contributed by atoms with Crippen molar-refractivity contribution in [3.63, 3.8) is 0 Å². The molecule has 2 aromatic rings. The first kappa shape index (κ1) is 34.1. The summed E-state index contributed by atoms with van der Waals surface area (Å²) in [4.78, 5) is 26.5. The van der Waals surface area contributed by atoms with Gasteiger partial charge in [-0.25, -0.2) is 8.42 Å². The summed E-state index contributed by atoms with van der Waals surface area (Å²) in [5.41, 5.74) is 1.22. The Kier molecular flexibility index (Phi) is 11.8. The number of nitrogens with zero attached hydrogens (tertiary/aromatic N) is 1. The standard InChI is InChI=1S/C32H46N4O6S/c1-22(2)20-36(43(40,41)26-16-14-25(42-6)15-17-26)21-28(37)27(18-23-10-8-7-9-11-23)34-31(39)30(32(3,4)5)35-29(38)19-33-24-12-13-24/h7-12,14-17,22,27-28,30,33,37H,13,18-21H2,1-6H3,(H,34,39)(H,35,38)/t27-,28+,30+/m0/s1. The molecule has 3 rings (SSSR count). The first-order valence-corrected chi connectivity index (χ1v) is 16.0. The Balaban J connectivity index is 1.85. The van der Waals surface area contributed by atoms with E-state index >= 15 is 0 Å². The van der Waals surface area contributed by atoms with Gasteiger partial charge in [0.05, 0.1) is 30.7 Å². The second-order valence-corrected chi connectivity index (χ2v) is 14.4. The largest absolute Gasteiger partial charge is 0.497 e. The summed E-state index contributed by atoms with van der Waals surface area (Å²) in [6, 6.07) is 13.7. The van der Waals surface area contributed by atoms with E-state index in [-0.39, 0.29) is 42.8 Å². The van der Waals surface area contributed by atoms with Crippen LogP contribution in [0.1, 0.15) is 46.6 Å². The second kappa shape index (κ2) is 14.9. The quantitative estimate of drug-likeness (QED) is 0.228. The van der Waals surface area contributed by atoms with Gasteiger partial charge in [-0.3, -0.25) is 9.59 Å². The minimum Gasteiger partial charge on any atom is -0.497 e. The van der Waals surface area contributed by atoms with Crippen molar-refractivity contribution >= 4 is 21.8 Å². The van der Waals surface area contributed by atoms with Crippen LogP contribution in [0.5, 0.6) is 5.75 Å². The Morgan fingerprint density at radius 2 is 1.63 bits per heavy atom. The maximum atomic E-state index is 13.7. The van der Waals surface area contributed by atoms with Crippen LogP contribution in [-0.4, -0.2) is 74.6 Å². The molecule has 1 aliphatic rings. The molecule has 10 nitrogen and oxygen atoms in total. The molecule has 2 amide bonds. The summed E-state index contributed by atoms with van der Waals surface area (Å²) >= 11 is 0. The zero-order chi connectivity index (χ0) is 31.8. The molecule has 0 aliphatic heterocycles. The van der Waals surface area contributed by atoms with Gasteiger partial charge in [0.15, 0.2) is 0 Å². The van der Waals surface area contributed by atoms with E-state index in [4.69, 9.17) is 4.74 Å². The molecule has 236 valence electrons. The number of amides is 2. The number of benzene rings is 2. The minimum atomic E-state index is -3.98. The van der Waals surface area contributed by atoms with Gasteiger partial charge in [-0.2, -0.15) is 4.31 Å². The third-order valence-corrected chi connectivity index (χ3v) is 8.91. The lowest BCUT2D eigenvalue weighted by Gasteiger charge is -2.34. The molecule has 0 aromatic heterocycles. The molecule has 0 unspecified atom stereocenters. The maximum absolute atomic E-state index is 13.7. The highest BCUT2D eigenvalue weighted by atomic mass is 32.2. The topological polar surface area (TPSA) is 137 Å². The number of methoxy groups -OCH3 is 1. The lowest BCUT2D eigenvalue weighted by Crippen LogP contribution is -2.59. The smallest absolute Gasteiger partial charge is 0.243 e. The van der Waals surface area contributed by atoms with E-state index in [2.05, 4.69) is 16.0 Å². The van der Waals surface area contributed by atoms with Gasteiger partial charge in [0.25, 0.3) is 0 Å².